The van der Waals surface area contributed by atoms with Crippen molar-refractivity contribution < 1.29 is 4.42 Å². The Bertz CT molecular complexity index is 501. The van der Waals surface area contributed by atoms with Crippen LogP contribution in [0.1, 0.15) is 51.0 Å². The summed E-state index contributed by atoms with van der Waals surface area (Å²) in [4.78, 5) is 0. The lowest BCUT2D eigenvalue weighted by molar-refractivity contribution is 0.459. The molecule has 0 spiro atoms. The SMILES string of the molecule is CCCCc1ccc2oc(C(C)NCC)cc2c1. The zero-order valence-corrected chi connectivity index (χ0v) is 11.6. The molecule has 0 amide bonds. The fourth-order valence-electron chi connectivity index (χ4n) is 2.27. The van der Waals surface area contributed by atoms with Crippen molar-refractivity contribution in [3.05, 3.63) is 35.6 Å². The molecule has 1 aromatic heterocycles. The molecule has 98 valence electrons. The molecule has 2 heteroatoms. The minimum Gasteiger partial charge on any atom is -0.459 e. The standard InChI is InChI=1S/C16H23NO/c1-4-6-7-13-8-9-15-14(10-13)11-16(18-15)12(3)17-5-2/h8-12,17H,4-7H2,1-3H3. The predicted octanol–water partition coefficient (Wildman–Crippen LogP) is 4.45. The molecule has 0 aliphatic rings. The van der Waals surface area contributed by atoms with Gasteiger partial charge in [0, 0.05) is 5.39 Å². The van der Waals surface area contributed by atoms with Gasteiger partial charge in [-0.1, -0.05) is 26.3 Å². The highest BCUT2D eigenvalue weighted by Crippen LogP contribution is 2.25. The van der Waals surface area contributed by atoms with E-state index in [-0.39, 0.29) is 6.04 Å². The number of aryl methyl sites for hydroxylation is 1. The van der Waals surface area contributed by atoms with E-state index in [0.29, 0.717) is 0 Å². The van der Waals surface area contributed by atoms with E-state index in [1.807, 2.05) is 0 Å². The summed E-state index contributed by atoms with van der Waals surface area (Å²) in [6, 6.07) is 8.99. The van der Waals surface area contributed by atoms with Gasteiger partial charge in [-0.2, -0.15) is 0 Å². The molecule has 1 N–H and O–H groups in total. The molecule has 0 aliphatic heterocycles. The van der Waals surface area contributed by atoms with Gasteiger partial charge in [0.25, 0.3) is 0 Å². The van der Waals surface area contributed by atoms with Crippen LogP contribution in [0.4, 0.5) is 0 Å². The zero-order valence-electron chi connectivity index (χ0n) is 11.6. The van der Waals surface area contributed by atoms with E-state index in [9.17, 15) is 0 Å². The van der Waals surface area contributed by atoms with Crippen molar-refractivity contribution in [2.24, 2.45) is 0 Å². The maximum Gasteiger partial charge on any atom is 0.134 e. The van der Waals surface area contributed by atoms with Crippen molar-refractivity contribution in [1.82, 2.24) is 5.32 Å². The van der Waals surface area contributed by atoms with Gasteiger partial charge in [0.1, 0.15) is 11.3 Å². The van der Waals surface area contributed by atoms with Crippen LogP contribution in [-0.4, -0.2) is 6.54 Å². The van der Waals surface area contributed by atoms with Gasteiger partial charge in [0.05, 0.1) is 6.04 Å². The van der Waals surface area contributed by atoms with Gasteiger partial charge in [0.15, 0.2) is 0 Å². The lowest BCUT2D eigenvalue weighted by atomic mass is 10.1. The van der Waals surface area contributed by atoms with Crippen molar-refractivity contribution in [3.8, 4) is 0 Å². The average Bonchev–Trinajstić information content (AvgIpc) is 2.79. The largest absolute Gasteiger partial charge is 0.459 e. The lowest BCUT2D eigenvalue weighted by Gasteiger charge is -2.07. The van der Waals surface area contributed by atoms with Gasteiger partial charge in [-0.05, 0) is 50.1 Å². The molecule has 0 bridgehead atoms. The summed E-state index contributed by atoms with van der Waals surface area (Å²) in [5, 5.41) is 4.60. The molecule has 2 aromatic rings. The summed E-state index contributed by atoms with van der Waals surface area (Å²) in [6.07, 6.45) is 3.66. The molecule has 1 heterocycles. The third-order valence-corrected chi connectivity index (χ3v) is 3.36. The summed E-state index contributed by atoms with van der Waals surface area (Å²) in [6.45, 7) is 7.44. The third kappa shape index (κ3) is 2.94. The first-order valence-electron chi connectivity index (χ1n) is 7.00. The zero-order chi connectivity index (χ0) is 13.0. The fourth-order valence-corrected chi connectivity index (χ4v) is 2.27. The highest BCUT2D eigenvalue weighted by atomic mass is 16.3. The van der Waals surface area contributed by atoms with Crippen LogP contribution in [0.3, 0.4) is 0 Å². The molecular formula is C16H23NO. The first-order valence-corrected chi connectivity index (χ1v) is 7.00. The van der Waals surface area contributed by atoms with Crippen molar-refractivity contribution in [2.75, 3.05) is 6.54 Å². The first kappa shape index (κ1) is 13.2. The maximum atomic E-state index is 5.88. The Balaban J connectivity index is 2.22. The molecule has 1 aromatic carbocycles. The summed E-state index contributed by atoms with van der Waals surface area (Å²) >= 11 is 0. The summed E-state index contributed by atoms with van der Waals surface area (Å²) in [5.74, 6) is 1.03. The molecule has 2 nitrogen and oxygen atoms in total. The Kier molecular flexibility index (Phi) is 4.43. The Morgan fingerprint density at radius 3 is 2.78 bits per heavy atom. The molecule has 2 rings (SSSR count). The van der Waals surface area contributed by atoms with Crippen LogP contribution in [0.25, 0.3) is 11.0 Å². The molecule has 1 unspecified atom stereocenters. The van der Waals surface area contributed by atoms with Crippen LogP contribution < -0.4 is 5.32 Å². The highest BCUT2D eigenvalue weighted by Gasteiger charge is 2.10. The Labute approximate surface area is 109 Å². The fraction of sp³-hybridized carbons (Fsp3) is 0.500. The van der Waals surface area contributed by atoms with Gasteiger partial charge in [0.2, 0.25) is 0 Å². The van der Waals surface area contributed by atoms with Crippen molar-refractivity contribution >= 4 is 11.0 Å². The van der Waals surface area contributed by atoms with Crippen molar-refractivity contribution in [3.63, 3.8) is 0 Å². The number of nitrogens with one attached hydrogen (secondary N) is 1. The van der Waals surface area contributed by atoms with Crippen LogP contribution in [0.15, 0.2) is 28.7 Å². The van der Waals surface area contributed by atoms with E-state index in [1.165, 1.54) is 23.8 Å². The van der Waals surface area contributed by atoms with Gasteiger partial charge in [-0.15, -0.1) is 0 Å². The van der Waals surface area contributed by atoms with E-state index in [4.69, 9.17) is 4.42 Å². The minimum atomic E-state index is 0.279. The van der Waals surface area contributed by atoms with Gasteiger partial charge < -0.3 is 9.73 Å². The molecule has 0 radical (unpaired) electrons. The molecule has 0 aliphatic carbocycles. The molecule has 1 atom stereocenters. The normalized spacial score (nSPS) is 13.1. The second kappa shape index (κ2) is 6.05. The number of hydrogen-bond donors (Lipinski definition) is 1. The summed E-state index contributed by atoms with van der Waals surface area (Å²) in [7, 11) is 0. The van der Waals surface area contributed by atoms with E-state index in [1.54, 1.807) is 0 Å². The van der Waals surface area contributed by atoms with E-state index < -0.39 is 0 Å². The molecule has 18 heavy (non-hydrogen) atoms. The van der Waals surface area contributed by atoms with E-state index in [2.05, 4.69) is 50.4 Å². The van der Waals surface area contributed by atoms with Gasteiger partial charge >= 0.3 is 0 Å². The number of furan rings is 1. The van der Waals surface area contributed by atoms with Crippen LogP contribution in [0, 0.1) is 0 Å². The predicted molar refractivity (Wildman–Crippen MR) is 76.9 cm³/mol. The topological polar surface area (TPSA) is 25.2 Å². The highest BCUT2D eigenvalue weighted by molar-refractivity contribution is 5.78. The Morgan fingerprint density at radius 2 is 2.06 bits per heavy atom. The number of rotatable bonds is 6. The molecule has 0 fully saturated rings. The number of hydrogen-bond acceptors (Lipinski definition) is 2. The van der Waals surface area contributed by atoms with Crippen LogP contribution in [0.5, 0.6) is 0 Å². The monoisotopic (exact) mass is 245 g/mol. The van der Waals surface area contributed by atoms with E-state index >= 15 is 0 Å². The Hall–Kier alpha value is -1.28. The number of fused-ring (bicyclic) bond motifs is 1. The lowest BCUT2D eigenvalue weighted by Crippen LogP contribution is -2.16. The average molecular weight is 245 g/mol. The third-order valence-electron chi connectivity index (χ3n) is 3.36. The van der Waals surface area contributed by atoms with E-state index in [0.717, 1.165) is 24.3 Å². The van der Waals surface area contributed by atoms with Gasteiger partial charge in [-0.3, -0.25) is 0 Å². The van der Waals surface area contributed by atoms with Crippen LogP contribution in [-0.2, 0) is 6.42 Å². The molecule has 0 saturated carbocycles. The van der Waals surface area contributed by atoms with Gasteiger partial charge in [-0.25, -0.2) is 0 Å². The first-order chi connectivity index (χ1) is 8.74. The van der Waals surface area contributed by atoms with Crippen LogP contribution >= 0.6 is 0 Å². The summed E-state index contributed by atoms with van der Waals surface area (Å²) < 4.78 is 5.88. The maximum absolute atomic E-state index is 5.88. The minimum absolute atomic E-state index is 0.279. The van der Waals surface area contributed by atoms with Crippen molar-refractivity contribution in [1.29, 1.82) is 0 Å². The smallest absolute Gasteiger partial charge is 0.134 e. The van der Waals surface area contributed by atoms with Crippen molar-refractivity contribution in [2.45, 2.75) is 46.1 Å². The second-order valence-corrected chi connectivity index (χ2v) is 4.90. The molecular weight excluding hydrogens is 222 g/mol. The number of benzene rings is 1. The second-order valence-electron chi connectivity index (χ2n) is 4.90. The van der Waals surface area contributed by atoms with Crippen LogP contribution in [0.2, 0.25) is 0 Å². The summed E-state index contributed by atoms with van der Waals surface area (Å²) in [5.41, 5.74) is 2.41. The quantitative estimate of drug-likeness (QED) is 0.813. The Morgan fingerprint density at radius 1 is 1.22 bits per heavy atom. The number of unbranched alkanes of at least 4 members (excludes halogenated alkanes) is 1. The molecule has 0 saturated heterocycles.